The van der Waals surface area contributed by atoms with Crippen molar-refractivity contribution in [2.45, 2.75) is 87.9 Å². The minimum atomic E-state index is 0.0896. The highest BCUT2D eigenvalue weighted by atomic mass is 16.3. The predicted octanol–water partition coefficient (Wildman–Crippen LogP) is 11.8. The standard InChI is InChI=1S/C48H45N3O/c1-3-10-35-33(8-1)34-9-2-4-11-36(34)38-13-7-14-39(42(38)52-41-15-6-5-12-37(35)41)43-49-44(46-20-28-16-29(21-46)18-30(17-28)22-46)51-45(50-43)48-24-31-19-32-25-47(23-31,27-48)40(32)26-48/h1-15,28-32,40H,16-27H2/t28?,29?,30?,31-,32?,40?,46?,47?,48?/m1/s1. The van der Waals surface area contributed by atoms with Gasteiger partial charge >= 0.3 is 0 Å². The zero-order valence-corrected chi connectivity index (χ0v) is 29.9. The van der Waals surface area contributed by atoms with E-state index in [9.17, 15) is 0 Å². The Balaban J connectivity index is 1.12. The van der Waals surface area contributed by atoms with Crippen LogP contribution < -0.4 is 0 Å². The molecule has 2 aromatic heterocycles. The van der Waals surface area contributed by atoms with Gasteiger partial charge in [-0.05, 0) is 152 Å². The number of nitrogens with zero attached hydrogens (tertiary/aromatic N) is 3. The summed E-state index contributed by atoms with van der Waals surface area (Å²) in [4.78, 5) is 17.2. The van der Waals surface area contributed by atoms with Crippen LogP contribution in [-0.4, -0.2) is 15.0 Å². The summed E-state index contributed by atoms with van der Waals surface area (Å²) >= 11 is 0. The van der Waals surface area contributed by atoms with Gasteiger partial charge in [0, 0.05) is 21.6 Å². The van der Waals surface area contributed by atoms with Crippen molar-refractivity contribution in [1.82, 2.24) is 15.0 Å². The van der Waals surface area contributed by atoms with Crippen molar-refractivity contribution in [2.75, 3.05) is 0 Å². The van der Waals surface area contributed by atoms with E-state index in [0.717, 1.165) is 80.5 Å². The SMILES string of the molecule is c1ccc2c(c1)oc1c(-c3nc(C45CC6CC(CC(C6)C4)C5)nc(C45CC6C7C[C@@H](C4)CC6(C7)C5)n3)cccc1c1ccccc1c1ccccc21. The normalized spacial score (nSPS) is 36.2. The van der Waals surface area contributed by atoms with Crippen LogP contribution in [0, 0.1) is 40.9 Å². The van der Waals surface area contributed by atoms with Crippen molar-refractivity contribution >= 4 is 43.5 Å². The molecule has 9 aliphatic carbocycles. The molecule has 2 heterocycles. The smallest absolute Gasteiger partial charge is 0.167 e. The quantitative estimate of drug-likeness (QED) is 0.187. The molecule has 4 nitrogen and oxygen atoms in total. The lowest BCUT2D eigenvalue weighted by molar-refractivity contribution is -0.104. The maximum absolute atomic E-state index is 7.26. The molecule has 9 aliphatic rings. The van der Waals surface area contributed by atoms with Crippen molar-refractivity contribution in [3.8, 4) is 11.4 Å². The van der Waals surface area contributed by atoms with Crippen molar-refractivity contribution in [2.24, 2.45) is 40.9 Å². The molecule has 0 saturated heterocycles. The molecule has 0 radical (unpaired) electrons. The van der Waals surface area contributed by atoms with Gasteiger partial charge in [0.15, 0.2) is 5.82 Å². The van der Waals surface area contributed by atoms with Crippen LogP contribution in [0.2, 0.25) is 0 Å². The van der Waals surface area contributed by atoms with Gasteiger partial charge in [-0.1, -0.05) is 78.9 Å². The Hall–Kier alpha value is -4.31. The lowest BCUT2D eigenvalue weighted by Gasteiger charge is -2.60. The van der Waals surface area contributed by atoms with E-state index in [-0.39, 0.29) is 10.8 Å². The van der Waals surface area contributed by atoms with Gasteiger partial charge in [-0.3, -0.25) is 0 Å². The molecular weight excluding hydrogens is 635 g/mol. The molecule has 5 atom stereocenters. The van der Waals surface area contributed by atoms with Crippen molar-refractivity contribution in [3.63, 3.8) is 0 Å². The van der Waals surface area contributed by atoms with Gasteiger partial charge in [0.2, 0.25) is 0 Å². The van der Waals surface area contributed by atoms with E-state index in [1.807, 2.05) is 0 Å². The molecule has 0 aliphatic heterocycles. The van der Waals surface area contributed by atoms with Gasteiger partial charge in [0.05, 0.1) is 5.56 Å². The lowest BCUT2D eigenvalue weighted by atomic mass is 9.44. The fourth-order valence-corrected chi connectivity index (χ4v) is 14.9. The molecule has 1 spiro atoms. The van der Waals surface area contributed by atoms with Crippen LogP contribution >= 0.6 is 0 Å². The second-order valence-electron chi connectivity index (χ2n) is 19.0. The van der Waals surface area contributed by atoms with E-state index in [4.69, 9.17) is 19.4 Å². The first kappa shape index (κ1) is 29.2. The van der Waals surface area contributed by atoms with Crippen LogP contribution in [0.5, 0.6) is 0 Å². The molecule has 4 unspecified atom stereocenters. The molecule has 0 amide bonds. The fourth-order valence-electron chi connectivity index (χ4n) is 14.9. The monoisotopic (exact) mass is 679 g/mol. The minimum absolute atomic E-state index is 0.0896. The predicted molar refractivity (Wildman–Crippen MR) is 207 cm³/mol. The van der Waals surface area contributed by atoms with E-state index in [2.05, 4.69) is 91.0 Å². The van der Waals surface area contributed by atoms with Crippen LogP contribution in [0.25, 0.3) is 54.9 Å². The molecule has 9 fully saturated rings. The zero-order valence-electron chi connectivity index (χ0n) is 29.9. The Morgan fingerprint density at radius 2 is 1.06 bits per heavy atom. The molecule has 8 bridgehead atoms. The van der Waals surface area contributed by atoms with E-state index in [0.29, 0.717) is 5.41 Å². The summed E-state index contributed by atoms with van der Waals surface area (Å²) in [5, 5.41) is 6.99. The van der Waals surface area contributed by atoms with Crippen molar-refractivity contribution in [1.29, 1.82) is 0 Å². The molecular formula is C48H45N3O. The molecule has 6 aromatic rings. The summed E-state index contributed by atoms with van der Waals surface area (Å²) < 4.78 is 7.26. The Labute approximate surface area is 304 Å². The van der Waals surface area contributed by atoms with E-state index < -0.39 is 0 Å². The second kappa shape index (κ2) is 10.0. The van der Waals surface area contributed by atoms with Crippen molar-refractivity contribution < 1.29 is 4.42 Å². The zero-order chi connectivity index (χ0) is 33.8. The van der Waals surface area contributed by atoms with E-state index >= 15 is 0 Å². The summed E-state index contributed by atoms with van der Waals surface area (Å²) in [5.41, 5.74) is 3.46. The number of hydrogen-bond acceptors (Lipinski definition) is 4. The average molecular weight is 680 g/mol. The summed E-state index contributed by atoms with van der Waals surface area (Å²) in [5.74, 6) is 8.26. The highest BCUT2D eigenvalue weighted by molar-refractivity contribution is 6.19. The Bertz CT molecular complexity index is 2550. The molecule has 0 N–H and O–H groups in total. The third kappa shape index (κ3) is 3.86. The van der Waals surface area contributed by atoms with Crippen LogP contribution in [0.15, 0.2) is 95.4 Å². The largest absolute Gasteiger partial charge is 0.455 e. The summed E-state index contributed by atoms with van der Waals surface area (Å²) in [6, 6.07) is 32.9. The van der Waals surface area contributed by atoms with Gasteiger partial charge < -0.3 is 4.42 Å². The number of fused-ring (bicyclic) bond motifs is 8. The third-order valence-electron chi connectivity index (χ3n) is 16.0. The number of benzene rings is 4. The molecule has 15 rings (SSSR count). The number of aromatic nitrogens is 3. The maximum Gasteiger partial charge on any atom is 0.167 e. The molecule has 258 valence electrons. The summed E-state index contributed by atoms with van der Waals surface area (Å²) in [6.45, 7) is 0. The third-order valence-corrected chi connectivity index (χ3v) is 16.0. The highest BCUT2D eigenvalue weighted by Crippen LogP contribution is 2.78. The molecule has 4 heteroatoms. The van der Waals surface area contributed by atoms with Gasteiger partial charge in [-0.25, -0.2) is 15.0 Å². The second-order valence-corrected chi connectivity index (χ2v) is 19.0. The first-order valence-corrected chi connectivity index (χ1v) is 20.4. The Kier molecular flexibility index (Phi) is 5.62. The molecule has 9 saturated carbocycles. The number of para-hydroxylation sites is 2. The Morgan fingerprint density at radius 3 is 1.77 bits per heavy atom. The topological polar surface area (TPSA) is 51.8 Å². The summed E-state index contributed by atoms with van der Waals surface area (Å²) in [6.07, 6.45) is 16.2. The summed E-state index contributed by atoms with van der Waals surface area (Å²) in [7, 11) is 0. The Morgan fingerprint density at radius 1 is 0.481 bits per heavy atom. The maximum atomic E-state index is 7.26. The van der Waals surface area contributed by atoms with Gasteiger partial charge in [0.25, 0.3) is 0 Å². The fraction of sp³-hybridized carbons (Fsp3) is 0.438. The highest BCUT2D eigenvalue weighted by Gasteiger charge is 2.71. The van der Waals surface area contributed by atoms with E-state index in [1.54, 1.807) is 0 Å². The van der Waals surface area contributed by atoms with E-state index in [1.165, 1.54) is 98.6 Å². The van der Waals surface area contributed by atoms with Crippen molar-refractivity contribution in [3.05, 3.63) is 103 Å². The van der Waals surface area contributed by atoms with Crippen LogP contribution in [0.3, 0.4) is 0 Å². The minimum Gasteiger partial charge on any atom is -0.455 e. The van der Waals surface area contributed by atoms with Gasteiger partial charge in [-0.15, -0.1) is 0 Å². The van der Waals surface area contributed by atoms with Crippen LogP contribution in [0.1, 0.15) is 88.7 Å². The lowest BCUT2D eigenvalue weighted by Crippen LogP contribution is -2.52. The number of rotatable bonds is 3. The molecule has 4 aromatic carbocycles. The number of hydrogen-bond donors (Lipinski definition) is 0. The van der Waals surface area contributed by atoms with Gasteiger partial charge in [0.1, 0.15) is 22.8 Å². The molecule has 52 heavy (non-hydrogen) atoms. The van der Waals surface area contributed by atoms with Gasteiger partial charge in [-0.2, -0.15) is 0 Å². The van der Waals surface area contributed by atoms with Crippen LogP contribution in [-0.2, 0) is 10.8 Å². The average Bonchev–Trinajstić information content (AvgIpc) is 3.31. The first-order chi connectivity index (χ1) is 25.5. The van der Waals surface area contributed by atoms with Crippen LogP contribution in [0.4, 0.5) is 0 Å². The first-order valence-electron chi connectivity index (χ1n) is 20.4.